The second-order valence-corrected chi connectivity index (χ2v) is 10.3. The smallest absolute Gasteiger partial charge is 0.344 e. The lowest BCUT2D eigenvalue weighted by Gasteiger charge is -2.14. The first-order valence-electron chi connectivity index (χ1n) is 10.1. The second-order valence-electron chi connectivity index (χ2n) is 7.01. The minimum atomic E-state index is -0.471. The third-order valence-corrected chi connectivity index (χ3v) is 7.20. The summed E-state index contributed by atoms with van der Waals surface area (Å²) in [6.45, 7) is 2.22. The Morgan fingerprint density at radius 2 is 1.91 bits per heavy atom. The number of hydrogen-bond acceptors (Lipinski definition) is 6. The Bertz CT molecular complexity index is 1330. The van der Waals surface area contributed by atoms with Gasteiger partial charge in [-0.2, -0.15) is 0 Å². The molecular weight excluding hydrogens is 605 g/mol. The number of amides is 1. The van der Waals surface area contributed by atoms with Crippen LogP contribution in [0.3, 0.4) is 0 Å². The molecule has 0 unspecified atom stereocenters. The minimum absolute atomic E-state index is 0.232. The summed E-state index contributed by atoms with van der Waals surface area (Å²) >= 11 is 14.8. The summed E-state index contributed by atoms with van der Waals surface area (Å²) in [5.41, 5.74) is 1.80. The van der Waals surface area contributed by atoms with Crippen LogP contribution < -0.4 is 14.4 Å². The number of thioether (sulfide) groups is 1. The largest absolute Gasteiger partial charge is 0.490 e. The van der Waals surface area contributed by atoms with E-state index in [1.54, 1.807) is 60.7 Å². The fourth-order valence-corrected chi connectivity index (χ4v) is 5.30. The third-order valence-electron chi connectivity index (χ3n) is 4.72. The zero-order valence-corrected chi connectivity index (χ0v) is 22.3. The van der Waals surface area contributed by atoms with Gasteiger partial charge in [-0.15, -0.1) is 0 Å². The van der Waals surface area contributed by atoms with Gasteiger partial charge in [0.15, 0.2) is 15.8 Å². The van der Waals surface area contributed by atoms with Gasteiger partial charge in [0.2, 0.25) is 0 Å². The van der Waals surface area contributed by atoms with Crippen molar-refractivity contribution in [2.45, 2.75) is 6.92 Å². The molecule has 0 spiro atoms. The predicted octanol–water partition coefficient (Wildman–Crippen LogP) is 6.97. The lowest BCUT2D eigenvalue weighted by atomic mass is 10.1. The van der Waals surface area contributed by atoms with E-state index in [-0.39, 0.29) is 5.91 Å². The van der Waals surface area contributed by atoms with Gasteiger partial charge < -0.3 is 9.47 Å². The summed E-state index contributed by atoms with van der Waals surface area (Å²) in [7, 11) is 0. The molecule has 3 aromatic rings. The zero-order valence-electron chi connectivity index (χ0n) is 17.8. The van der Waals surface area contributed by atoms with Gasteiger partial charge in [0, 0.05) is 8.59 Å². The van der Waals surface area contributed by atoms with Crippen LogP contribution in [0.2, 0.25) is 5.02 Å². The molecule has 0 aromatic heterocycles. The molecule has 0 aliphatic carbocycles. The Morgan fingerprint density at radius 3 is 2.65 bits per heavy atom. The van der Waals surface area contributed by atoms with Gasteiger partial charge in [0.25, 0.3) is 5.91 Å². The Labute approximate surface area is 225 Å². The van der Waals surface area contributed by atoms with Crippen molar-refractivity contribution in [3.05, 3.63) is 91.4 Å². The fraction of sp³-hybridized carbons (Fsp3) is 0.0800. The lowest BCUT2D eigenvalue weighted by molar-refractivity contribution is -0.113. The number of hydrogen-bond donors (Lipinski definition) is 0. The summed E-state index contributed by atoms with van der Waals surface area (Å²) in [4.78, 5) is 27.6. The molecule has 0 saturated carbocycles. The van der Waals surface area contributed by atoms with Crippen molar-refractivity contribution in [3.8, 4) is 11.5 Å². The third kappa shape index (κ3) is 5.46. The molecule has 34 heavy (non-hydrogen) atoms. The van der Waals surface area contributed by atoms with Gasteiger partial charge in [-0.3, -0.25) is 9.69 Å². The van der Waals surface area contributed by atoms with Crippen molar-refractivity contribution in [2.24, 2.45) is 0 Å². The van der Waals surface area contributed by atoms with E-state index in [0.717, 1.165) is 3.57 Å². The molecule has 1 aliphatic heterocycles. The van der Waals surface area contributed by atoms with Crippen LogP contribution in [0.15, 0.2) is 71.6 Å². The first-order valence-corrected chi connectivity index (χ1v) is 12.8. The van der Waals surface area contributed by atoms with Crippen LogP contribution >= 0.6 is 58.2 Å². The molecule has 1 fully saturated rings. The average Bonchev–Trinajstić information content (AvgIpc) is 3.08. The number of anilines is 1. The molecule has 1 aliphatic rings. The number of nitrogens with zero attached hydrogens (tertiary/aromatic N) is 1. The Hall–Kier alpha value is -2.40. The van der Waals surface area contributed by atoms with Crippen molar-refractivity contribution in [3.63, 3.8) is 0 Å². The van der Waals surface area contributed by atoms with Crippen LogP contribution in [0.25, 0.3) is 6.08 Å². The van der Waals surface area contributed by atoms with E-state index in [9.17, 15) is 9.59 Å². The summed E-state index contributed by atoms with van der Waals surface area (Å²) in [5.74, 6) is 0.00136. The van der Waals surface area contributed by atoms with Crippen molar-refractivity contribution < 1.29 is 19.1 Å². The van der Waals surface area contributed by atoms with E-state index in [1.165, 1.54) is 16.7 Å². The summed E-state index contributed by atoms with van der Waals surface area (Å²) in [5, 5.41) is 0.521. The molecule has 4 rings (SSSR count). The van der Waals surface area contributed by atoms with Crippen molar-refractivity contribution in [1.82, 2.24) is 0 Å². The predicted molar refractivity (Wildman–Crippen MR) is 149 cm³/mol. The van der Waals surface area contributed by atoms with Crippen LogP contribution in [-0.4, -0.2) is 22.8 Å². The van der Waals surface area contributed by atoms with Crippen molar-refractivity contribution >= 4 is 86.1 Å². The molecule has 0 bridgehead atoms. The van der Waals surface area contributed by atoms with Gasteiger partial charge in [-0.05, 0) is 83.6 Å². The van der Waals surface area contributed by atoms with E-state index < -0.39 is 5.97 Å². The SMILES string of the molecule is CCOc1cc(C=C2SC(=S)N(c3cccc(Cl)c3)C2=O)ccc1OC(=O)c1ccccc1I. The minimum Gasteiger partial charge on any atom is -0.490 e. The molecule has 1 heterocycles. The van der Waals surface area contributed by atoms with Crippen LogP contribution in [0.4, 0.5) is 5.69 Å². The normalized spacial score (nSPS) is 14.6. The number of carbonyl (C=O) groups excluding carboxylic acids is 2. The molecule has 0 radical (unpaired) electrons. The highest BCUT2D eigenvalue weighted by Gasteiger charge is 2.33. The summed E-state index contributed by atoms with van der Waals surface area (Å²) in [6.07, 6.45) is 1.73. The number of halogens is 2. The van der Waals surface area contributed by atoms with Gasteiger partial charge in [-0.1, -0.05) is 59.8 Å². The number of rotatable bonds is 6. The number of thiocarbonyl (C=S) groups is 1. The van der Waals surface area contributed by atoms with E-state index in [4.69, 9.17) is 33.3 Å². The second kappa shape index (κ2) is 10.9. The number of carbonyl (C=O) groups is 2. The average molecular weight is 622 g/mol. The standard InChI is InChI=1S/C25H17ClINO4S2/c1-2-31-21-12-15(10-11-20(21)32-24(30)18-8-3-4-9-19(18)27)13-22-23(29)28(25(33)34-22)17-7-5-6-16(26)14-17/h3-14H,2H2,1H3. The van der Waals surface area contributed by atoms with Crippen LogP contribution in [-0.2, 0) is 4.79 Å². The van der Waals surface area contributed by atoms with E-state index in [2.05, 4.69) is 22.6 Å². The maximum Gasteiger partial charge on any atom is 0.344 e. The highest BCUT2D eigenvalue weighted by molar-refractivity contribution is 14.1. The first kappa shape index (κ1) is 24.7. The molecule has 0 N–H and O–H groups in total. The zero-order chi connectivity index (χ0) is 24.2. The number of benzene rings is 3. The molecule has 3 aromatic carbocycles. The van der Waals surface area contributed by atoms with Crippen LogP contribution in [0, 0.1) is 3.57 Å². The van der Waals surface area contributed by atoms with Crippen LogP contribution in [0.1, 0.15) is 22.8 Å². The van der Waals surface area contributed by atoms with E-state index in [1.807, 2.05) is 19.1 Å². The molecule has 172 valence electrons. The Balaban J connectivity index is 1.60. The van der Waals surface area contributed by atoms with Gasteiger partial charge in [0.05, 0.1) is 22.8 Å². The molecular formula is C25H17ClINO4S2. The highest BCUT2D eigenvalue weighted by atomic mass is 127. The number of ether oxygens (including phenoxy) is 2. The highest BCUT2D eigenvalue weighted by Crippen LogP contribution is 2.38. The van der Waals surface area contributed by atoms with Gasteiger partial charge >= 0.3 is 5.97 Å². The summed E-state index contributed by atoms with van der Waals surface area (Å²) < 4.78 is 12.5. The quantitative estimate of drug-likeness (QED) is 0.0975. The molecule has 1 saturated heterocycles. The van der Waals surface area contributed by atoms with Crippen LogP contribution in [0.5, 0.6) is 11.5 Å². The first-order chi connectivity index (χ1) is 16.4. The topological polar surface area (TPSA) is 55.8 Å². The maximum atomic E-state index is 13.0. The maximum absolute atomic E-state index is 13.0. The molecule has 0 atom stereocenters. The Kier molecular flexibility index (Phi) is 7.92. The van der Waals surface area contributed by atoms with E-state index >= 15 is 0 Å². The number of esters is 1. The Morgan fingerprint density at radius 1 is 1.12 bits per heavy atom. The molecule has 1 amide bonds. The molecule has 5 nitrogen and oxygen atoms in total. The monoisotopic (exact) mass is 621 g/mol. The van der Waals surface area contributed by atoms with E-state index in [0.29, 0.717) is 49.2 Å². The summed E-state index contributed by atoms with van der Waals surface area (Å²) in [6, 6.07) is 19.3. The fourth-order valence-electron chi connectivity index (χ4n) is 3.21. The van der Waals surface area contributed by atoms with Gasteiger partial charge in [0.1, 0.15) is 0 Å². The van der Waals surface area contributed by atoms with Crippen molar-refractivity contribution in [1.29, 1.82) is 0 Å². The lowest BCUT2D eigenvalue weighted by Crippen LogP contribution is -2.27. The van der Waals surface area contributed by atoms with Crippen molar-refractivity contribution in [2.75, 3.05) is 11.5 Å². The van der Waals surface area contributed by atoms with Gasteiger partial charge in [-0.25, -0.2) is 4.79 Å². The molecule has 9 heteroatoms.